The quantitative estimate of drug-likeness (QED) is 0.136. The van der Waals surface area contributed by atoms with Gasteiger partial charge in [-0.15, -0.1) is 0 Å². The summed E-state index contributed by atoms with van der Waals surface area (Å²) in [5.41, 5.74) is 0.953. The summed E-state index contributed by atoms with van der Waals surface area (Å²) in [6.07, 6.45) is 0. The molecule has 0 bridgehead atoms. The van der Waals surface area contributed by atoms with Crippen LogP contribution in [0.5, 0.6) is 11.5 Å². The van der Waals surface area contributed by atoms with E-state index in [1.165, 1.54) is 6.92 Å². The Morgan fingerprint density at radius 3 is 1.68 bits per heavy atom. The maximum Gasteiger partial charge on any atom is 0.338 e. The number of fused-ring (bicyclic) bond motifs is 2. The van der Waals surface area contributed by atoms with E-state index in [1.807, 2.05) is 36.4 Å². The summed E-state index contributed by atoms with van der Waals surface area (Å²) in [5, 5.41) is 4.35. The minimum Gasteiger partial charge on any atom is -0.491 e. The van der Waals surface area contributed by atoms with Gasteiger partial charge in [0.15, 0.2) is 5.78 Å². The molecule has 0 aliphatic heterocycles. The van der Waals surface area contributed by atoms with Crippen molar-refractivity contribution >= 4 is 33.3 Å². The first-order valence-corrected chi connectivity index (χ1v) is 11.0. The number of hydrogen-bond acceptors (Lipinski definition) is 6. The molecule has 0 saturated carbocycles. The molecule has 6 heteroatoms. The van der Waals surface area contributed by atoms with Crippen molar-refractivity contribution in [2.75, 3.05) is 33.5 Å². The van der Waals surface area contributed by atoms with Crippen LogP contribution in [-0.4, -0.2) is 45.3 Å². The normalized spacial score (nSPS) is 10.9. The molecule has 0 fully saturated rings. The van der Waals surface area contributed by atoms with E-state index in [1.54, 1.807) is 31.4 Å². The van der Waals surface area contributed by atoms with Crippen LogP contribution in [0, 0.1) is 0 Å². The fourth-order valence-corrected chi connectivity index (χ4v) is 3.59. The Hall–Kier alpha value is -3.90. The lowest BCUT2D eigenvalue weighted by atomic mass is 10.0. The molecule has 0 saturated heterocycles. The molecule has 0 aromatic heterocycles. The van der Waals surface area contributed by atoms with Crippen LogP contribution in [0.4, 0.5) is 0 Å². The molecule has 6 nitrogen and oxygen atoms in total. The van der Waals surface area contributed by atoms with E-state index >= 15 is 0 Å². The van der Waals surface area contributed by atoms with E-state index in [0.29, 0.717) is 30.1 Å². The lowest BCUT2D eigenvalue weighted by Crippen LogP contribution is -2.12. The van der Waals surface area contributed by atoms with Crippen LogP contribution >= 0.6 is 0 Å². The van der Waals surface area contributed by atoms with E-state index in [-0.39, 0.29) is 19.0 Å². The van der Waals surface area contributed by atoms with Crippen molar-refractivity contribution in [2.24, 2.45) is 0 Å². The SMILES string of the molecule is COCCOc1ccc2cc3cc(OCCOC(=O)c4ccc(C(C)=O)cc4)ccc3cc2c1. The highest BCUT2D eigenvalue weighted by Crippen LogP contribution is 2.28. The molecule has 0 aliphatic rings. The number of carbonyl (C=O) groups excluding carboxylic acids is 2. The molecule has 4 rings (SSSR count). The third-order valence-electron chi connectivity index (χ3n) is 5.41. The summed E-state index contributed by atoms with van der Waals surface area (Å²) in [4.78, 5) is 23.5. The van der Waals surface area contributed by atoms with Crippen LogP contribution in [0.3, 0.4) is 0 Å². The Bertz CT molecular complexity index is 1310. The second kappa shape index (κ2) is 10.8. The van der Waals surface area contributed by atoms with Crippen LogP contribution in [0.2, 0.25) is 0 Å². The number of benzene rings is 4. The number of rotatable bonds is 10. The number of hydrogen-bond donors (Lipinski definition) is 0. The van der Waals surface area contributed by atoms with Crippen LogP contribution in [0.1, 0.15) is 27.6 Å². The monoisotopic (exact) mass is 458 g/mol. The van der Waals surface area contributed by atoms with Gasteiger partial charge in [0.1, 0.15) is 31.3 Å². The maximum atomic E-state index is 12.2. The predicted molar refractivity (Wildman–Crippen MR) is 131 cm³/mol. The molecule has 34 heavy (non-hydrogen) atoms. The van der Waals surface area contributed by atoms with Crippen molar-refractivity contribution in [2.45, 2.75) is 6.92 Å². The van der Waals surface area contributed by atoms with E-state index in [9.17, 15) is 9.59 Å². The van der Waals surface area contributed by atoms with Crippen LogP contribution in [-0.2, 0) is 9.47 Å². The minimum absolute atomic E-state index is 0.0478. The number of methoxy groups -OCH3 is 1. The van der Waals surface area contributed by atoms with Crippen molar-refractivity contribution in [1.29, 1.82) is 0 Å². The van der Waals surface area contributed by atoms with Crippen molar-refractivity contribution in [3.05, 3.63) is 83.9 Å². The molecule has 0 amide bonds. The summed E-state index contributed by atoms with van der Waals surface area (Å²) < 4.78 is 21.8. The molecule has 0 radical (unpaired) electrons. The van der Waals surface area contributed by atoms with Gasteiger partial charge in [0.05, 0.1) is 12.2 Å². The smallest absolute Gasteiger partial charge is 0.338 e. The summed E-state index contributed by atoms with van der Waals surface area (Å²) in [7, 11) is 1.65. The number of ketones is 1. The molecule has 0 unspecified atom stereocenters. The first-order valence-electron chi connectivity index (χ1n) is 11.0. The lowest BCUT2D eigenvalue weighted by molar-refractivity contribution is 0.0450. The Balaban J connectivity index is 1.34. The standard InChI is InChI=1S/C28H26O6/c1-19(29)20-3-5-21(6-4-20)28(30)34-14-13-33-27-10-8-23-15-24-17-26(32-12-11-31-2)9-7-22(24)16-25(23)18-27/h3-10,15-18H,11-14H2,1-2H3. The molecule has 0 aliphatic carbocycles. The largest absolute Gasteiger partial charge is 0.491 e. The maximum absolute atomic E-state index is 12.2. The van der Waals surface area contributed by atoms with Gasteiger partial charge in [-0.1, -0.05) is 24.3 Å². The summed E-state index contributed by atoms with van der Waals surface area (Å²) in [6, 6.07) is 22.5. The highest BCUT2D eigenvalue weighted by Gasteiger charge is 2.08. The third kappa shape index (κ3) is 5.71. The van der Waals surface area contributed by atoms with Crippen molar-refractivity contribution in [3.63, 3.8) is 0 Å². The molecule has 0 heterocycles. The Kier molecular flexibility index (Phi) is 7.40. The zero-order valence-electron chi connectivity index (χ0n) is 19.2. The van der Waals surface area contributed by atoms with Gasteiger partial charge in [0.25, 0.3) is 0 Å². The van der Waals surface area contributed by atoms with E-state index in [0.717, 1.165) is 27.3 Å². The summed E-state index contributed by atoms with van der Waals surface area (Å²) in [6.45, 7) is 2.90. The zero-order chi connectivity index (χ0) is 23.9. The van der Waals surface area contributed by atoms with Crippen molar-refractivity contribution in [1.82, 2.24) is 0 Å². The first-order chi connectivity index (χ1) is 16.5. The second-order valence-electron chi connectivity index (χ2n) is 7.83. The molecular formula is C28H26O6. The number of esters is 1. The fraction of sp³-hybridized carbons (Fsp3) is 0.214. The molecule has 4 aromatic carbocycles. The van der Waals surface area contributed by atoms with Gasteiger partial charge in [-0.25, -0.2) is 4.79 Å². The van der Waals surface area contributed by atoms with Crippen LogP contribution < -0.4 is 9.47 Å². The average molecular weight is 459 g/mol. The molecular weight excluding hydrogens is 432 g/mol. The molecule has 0 N–H and O–H groups in total. The highest BCUT2D eigenvalue weighted by molar-refractivity contribution is 5.99. The Morgan fingerprint density at radius 2 is 1.15 bits per heavy atom. The van der Waals surface area contributed by atoms with Gasteiger partial charge in [0.2, 0.25) is 0 Å². The van der Waals surface area contributed by atoms with Crippen molar-refractivity contribution in [3.8, 4) is 11.5 Å². The van der Waals surface area contributed by atoms with E-state index in [4.69, 9.17) is 18.9 Å². The van der Waals surface area contributed by atoms with Gasteiger partial charge in [-0.2, -0.15) is 0 Å². The van der Waals surface area contributed by atoms with Crippen LogP contribution in [0.15, 0.2) is 72.8 Å². The second-order valence-corrected chi connectivity index (χ2v) is 7.83. The van der Waals surface area contributed by atoms with E-state index < -0.39 is 5.97 Å². The minimum atomic E-state index is -0.450. The topological polar surface area (TPSA) is 71.1 Å². The average Bonchev–Trinajstić information content (AvgIpc) is 2.85. The first kappa shape index (κ1) is 23.3. The predicted octanol–water partition coefficient (Wildman–Crippen LogP) is 5.46. The number of ether oxygens (including phenoxy) is 4. The molecule has 4 aromatic rings. The third-order valence-corrected chi connectivity index (χ3v) is 5.41. The number of Topliss-reactive ketones (excluding diaryl/α,β-unsaturated/α-hetero) is 1. The van der Waals surface area contributed by atoms with Gasteiger partial charge in [0, 0.05) is 12.7 Å². The van der Waals surface area contributed by atoms with Gasteiger partial charge in [-0.3, -0.25) is 4.79 Å². The lowest BCUT2D eigenvalue weighted by Gasteiger charge is -2.10. The van der Waals surface area contributed by atoms with E-state index in [2.05, 4.69) is 12.1 Å². The zero-order valence-corrected chi connectivity index (χ0v) is 19.2. The Morgan fingerprint density at radius 1 is 0.618 bits per heavy atom. The summed E-state index contributed by atoms with van der Waals surface area (Å²) >= 11 is 0. The van der Waals surface area contributed by atoms with Crippen molar-refractivity contribution < 1.29 is 28.5 Å². The Labute approximate surface area is 198 Å². The number of carbonyl (C=O) groups is 2. The fourth-order valence-electron chi connectivity index (χ4n) is 3.59. The van der Waals surface area contributed by atoms with Crippen LogP contribution in [0.25, 0.3) is 21.5 Å². The van der Waals surface area contributed by atoms with Gasteiger partial charge < -0.3 is 18.9 Å². The highest BCUT2D eigenvalue weighted by atomic mass is 16.6. The molecule has 0 atom stereocenters. The van der Waals surface area contributed by atoms with Gasteiger partial charge in [-0.05, 0) is 77.0 Å². The molecule has 0 spiro atoms. The summed E-state index contributed by atoms with van der Waals surface area (Å²) in [5.74, 6) is 1.02. The van der Waals surface area contributed by atoms with Gasteiger partial charge >= 0.3 is 5.97 Å². The molecule has 174 valence electrons.